The van der Waals surface area contributed by atoms with Crippen LogP contribution < -0.4 is 9.47 Å². The Bertz CT molecular complexity index is 1430. The Kier molecular flexibility index (Phi) is 8.59. The molecule has 0 N–H and O–H groups in total. The van der Waals surface area contributed by atoms with E-state index in [2.05, 4.69) is 161 Å². The molecular weight excluding hydrogens is 528 g/mol. The molecule has 5 rings (SSSR count). The van der Waals surface area contributed by atoms with E-state index in [1.54, 1.807) is 14.2 Å². The van der Waals surface area contributed by atoms with Gasteiger partial charge in [-0.15, -0.1) is 0 Å². The fourth-order valence-electron chi connectivity index (χ4n) is 6.59. The van der Waals surface area contributed by atoms with E-state index in [0.717, 1.165) is 18.2 Å². The molecule has 4 aromatic carbocycles. The molecule has 1 aliphatic rings. The summed E-state index contributed by atoms with van der Waals surface area (Å²) >= 11 is 0. The molecule has 2 atom stereocenters. The Morgan fingerprint density at radius 3 is 1.21 bits per heavy atom. The van der Waals surface area contributed by atoms with Gasteiger partial charge in [0.15, 0.2) is 0 Å². The fourth-order valence-corrected chi connectivity index (χ4v) is 6.59. The van der Waals surface area contributed by atoms with Crippen molar-refractivity contribution in [3.63, 3.8) is 0 Å². The molecule has 1 heterocycles. The highest BCUT2D eigenvalue weighted by atomic mass is 16.5. The van der Waals surface area contributed by atoms with Gasteiger partial charge in [-0.1, -0.05) is 114 Å². The van der Waals surface area contributed by atoms with Gasteiger partial charge in [-0.2, -0.15) is 0 Å². The first-order valence-corrected chi connectivity index (χ1v) is 15.2. The lowest BCUT2D eigenvalue weighted by atomic mass is 9.79. The standard InChI is InChI=1S/C39H46N2O2/c1-38(2,3)36(32-25-30(19-21-34(32)42-7)28-15-11-9-12-16-28)40-23-24-41(27-40)37(39(4,5)6)33-26-31(20-22-35(33)43-8)29-17-13-10-14-18-29/h9-26,36-37H,27H2,1-8H3/t36-,37-/m0/s1. The van der Waals surface area contributed by atoms with Crippen molar-refractivity contribution < 1.29 is 9.47 Å². The summed E-state index contributed by atoms with van der Waals surface area (Å²) in [6.07, 6.45) is 4.52. The highest BCUT2D eigenvalue weighted by Gasteiger charge is 2.40. The van der Waals surface area contributed by atoms with Crippen LogP contribution in [0.3, 0.4) is 0 Å². The number of benzene rings is 4. The number of ether oxygens (including phenoxy) is 2. The molecule has 0 saturated heterocycles. The second-order valence-electron chi connectivity index (χ2n) is 13.7. The van der Waals surface area contributed by atoms with Gasteiger partial charge < -0.3 is 19.3 Å². The maximum atomic E-state index is 5.97. The van der Waals surface area contributed by atoms with Crippen LogP contribution in [-0.2, 0) is 0 Å². The van der Waals surface area contributed by atoms with Crippen LogP contribution in [0.4, 0.5) is 0 Å². The molecule has 0 radical (unpaired) electrons. The molecule has 0 aliphatic carbocycles. The van der Waals surface area contributed by atoms with Crippen LogP contribution in [0.5, 0.6) is 11.5 Å². The van der Waals surface area contributed by atoms with E-state index in [-0.39, 0.29) is 22.9 Å². The van der Waals surface area contributed by atoms with Crippen molar-refractivity contribution in [3.05, 3.63) is 121 Å². The highest BCUT2D eigenvalue weighted by Crippen LogP contribution is 2.48. The number of methoxy groups -OCH3 is 2. The number of hydrogen-bond acceptors (Lipinski definition) is 4. The van der Waals surface area contributed by atoms with Gasteiger partial charge in [-0.3, -0.25) is 0 Å². The molecule has 0 spiro atoms. The predicted molar refractivity (Wildman–Crippen MR) is 179 cm³/mol. The molecule has 0 unspecified atom stereocenters. The zero-order chi connectivity index (χ0) is 30.8. The first-order valence-electron chi connectivity index (χ1n) is 15.2. The fraction of sp³-hybridized carbons (Fsp3) is 0.333. The number of nitrogens with zero attached hydrogens (tertiary/aromatic N) is 2. The Balaban J connectivity index is 1.54. The summed E-state index contributed by atoms with van der Waals surface area (Å²) in [6.45, 7) is 14.6. The van der Waals surface area contributed by atoms with Crippen molar-refractivity contribution in [1.82, 2.24) is 9.80 Å². The van der Waals surface area contributed by atoms with Crippen LogP contribution in [0.15, 0.2) is 109 Å². The normalized spacial score (nSPS) is 15.0. The lowest BCUT2D eigenvalue weighted by molar-refractivity contribution is 0.0728. The molecule has 0 fully saturated rings. The summed E-state index contributed by atoms with van der Waals surface area (Å²) in [6, 6.07) is 34.5. The summed E-state index contributed by atoms with van der Waals surface area (Å²) in [5.41, 5.74) is 7.06. The van der Waals surface area contributed by atoms with Crippen molar-refractivity contribution in [2.75, 3.05) is 20.9 Å². The van der Waals surface area contributed by atoms with Crippen molar-refractivity contribution in [2.45, 2.75) is 53.6 Å². The van der Waals surface area contributed by atoms with Gasteiger partial charge in [-0.05, 0) is 57.3 Å². The highest BCUT2D eigenvalue weighted by molar-refractivity contribution is 5.67. The quantitative estimate of drug-likeness (QED) is 0.209. The van der Waals surface area contributed by atoms with Gasteiger partial charge in [0.25, 0.3) is 0 Å². The average molecular weight is 575 g/mol. The lowest BCUT2D eigenvalue weighted by Gasteiger charge is -2.43. The molecule has 1 aliphatic heterocycles. The third kappa shape index (κ3) is 6.44. The average Bonchev–Trinajstić information content (AvgIpc) is 3.45. The molecular formula is C39H46N2O2. The Hall–Kier alpha value is -4.18. The minimum absolute atomic E-state index is 0.0644. The molecule has 0 aromatic heterocycles. The summed E-state index contributed by atoms with van der Waals surface area (Å²) in [5.74, 6) is 1.83. The van der Waals surface area contributed by atoms with Gasteiger partial charge in [0.2, 0.25) is 0 Å². The third-order valence-corrected chi connectivity index (χ3v) is 8.34. The second-order valence-corrected chi connectivity index (χ2v) is 13.7. The smallest absolute Gasteiger partial charge is 0.124 e. The summed E-state index contributed by atoms with van der Waals surface area (Å²) in [5, 5.41) is 0. The van der Waals surface area contributed by atoms with Gasteiger partial charge in [-0.25, -0.2) is 0 Å². The summed E-state index contributed by atoms with van der Waals surface area (Å²) in [7, 11) is 3.54. The number of hydrogen-bond donors (Lipinski definition) is 0. The maximum Gasteiger partial charge on any atom is 0.124 e. The van der Waals surface area contributed by atoms with E-state index in [1.807, 2.05) is 0 Å². The molecule has 0 bridgehead atoms. The zero-order valence-corrected chi connectivity index (χ0v) is 27.0. The first-order chi connectivity index (χ1) is 20.5. The van der Waals surface area contributed by atoms with Crippen LogP contribution in [-0.4, -0.2) is 30.7 Å². The number of rotatable bonds is 8. The van der Waals surface area contributed by atoms with Crippen molar-refractivity contribution in [3.8, 4) is 33.8 Å². The van der Waals surface area contributed by atoms with E-state index in [4.69, 9.17) is 9.47 Å². The Labute approximate surface area is 258 Å². The zero-order valence-electron chi connectivity index (χ0n) is 27.0. The van der Waals surface area contributed by atoms with Crippen LogP contribution in [0.25, 0.3) is 22.3 Å². The minimum Gasteiger partial charge on any atom is -0.496 e. The van der Waals surface area contributed by atoms with Crippen molar-refractivity contribution in [1.29, 1.82) is 0 Å². The molecule has 43 heavy (non-hydrogen) atoms. The Morgan fingerprint density at radius 1 is 0.512 bits per heavy atom. The van der Waals surface area contributed by atoms with E-state index >= 15 is 0 Å². The van der Waals surface area contributed by atoms with Crippen molar-refractivity contribution in [2.24, 2.45) is 10.8 Å². The van der Waals surface area contributed by atoms with Crippen LogP contribution in [0.1, 0.15) is 64.8 Å². The van der Waals surface area contributed by atoms with E-state index < -0.39 is 0 Å². The van der Waals surface area contributed by atoms with Gasteiger partial charge >= 0.3 is 0 Å². The largest absolute Gasteiger partial charge is 0.496 e. The van der Waals surface area contributed by atoms with Crippen molar-refractivity contribution >= 4 is 0 Å². The lowest BCUT2D eigenvalue weighted by Crippen LogP contribution is -2.40. The SMILES string of the molecule is COc1ccc(-c2ccccc2)cc1[C@H](N1C=CN([C@@H](c2cc(-c3ccccc3)ccc2OC)C(C)(C)C)C1)C(C)(C)C. The summed E-state index contributed by atoms with van der Waals surface area (Å²) in [4.78, 5) is 4.94. The molecule has 0 amide bonds. The first kappa shape index (κ1) is 30.3. The van der Waals surface area contributed by atoms with E-state index in [9.17, 15) is 0 Å². The molecule has 4 nitrogen and oxygen atoms in total. The van der Waals surface area contributed by atoms with Gasteiger partial charge in [0, 0.05) is 23.5 Å². The maximum absolute atomic E-state index is 5.97. The van der Waals surface area contributed by atoms with Crippen LogP contribution in [0, 0.1) is 10.8 Å². The molecule has 0 saturated carbocycles. The minimum atomic E-state index is -0.0644. The Morgan fingerprint density at radius 2 is 0.884 bits per heavy atom. The van der Waals surface area contributed by atoms with E-state index in [0.29, 0.717) is 0 Å². The molecule has 4 heteroatoms. The summed E-state index contributed by atoms with van der Waals surface area (Å²) < 4.78 is 11.9. The molecule has 224 valence electrons. The van der Waals surface area contributed by atoms with Gasteiger partial charge in [0.05, 0.1) is 33.0 Å². The van der Waals surface area contributed by atoms with Gasteiger partial charge in [0.1, 0.15) is 11.5 Å². The van der Waals surface area contributed by atoms with Crippen LogP contribution >= 0.6 is 0 Å². The molecule has 4 aromatic rings. The van der Waals surface area contributed by atoms with Crippen LogP contribution in [0.2, 0.25) is 0 Å². The van der Waals surface area contributed by atoms with E-state index in [1.165, 1.54) is 33.4 Å². The monoisotopic (exact) mass is 574 g/mol. The third-order valence-electron chi connectivity index (χ3n) is 8.34. The second kappa shape index (κ2) is 12.2. The predicted octanol–water partition coefficient (Wildman–Crippen LogP) is 9.96. The topological polar surface area (TPSA) is 24.9 Å².